The Morgan fingerprint density at radius 3 is 2.63 bits per heavy atom. The Kier molecular flexibility index (Phi) is 4.80. The van der Waals surface area contributed by atoms with Crippen LogP contribution in [0.15, 0.2) is 21.7 Å². The Balaban J connectivity index is 3.28. The van der Waals surface area contributed by atoms with Crippen molar-refractivity contribution >= 4 is 33.0 Å². The van der Waals surface area contributed by atoms with Gasteiger partial charge in [0.15, 0.2) is 0 Å². The number of nitrogens with one attached hydrogen (secondary N) is 1. The normalized spacial score (nSPS) is 8.84. The third-order valence-corrected chi connectivity index (χ3v) is 2.59. The van der Waals surface area contributed by atoms with Crippen molar-refractivity contribution in [2.24, 2.45) is 5.10 Å². The zero-order chi connectivity index (χ0) is 14.4. The van der Waals surface area contributed by atoms with Crippen LogP contribution in [0.4, 0.5) is 11.4 Å². The summed E-state index contributed by atoms with van der Waals surface area (Å²) < 4.78 is 5.22. The molecule has 1 rings (SSSR count). The number of rotatable bonds is 4. The summed E-state index contributed by atoms with van der Waals surface area (Å²) in [5.41, 5.74) is 1.59. The standard InChI is InChI=1S/C10H6BrN5O3/c1-19-7-2-8(11)10(9(3-7)16(17)18)15-14-6(4-12)5-13/h2-3,15H,1H3. The summed E-state index contributed by atoms with van der Waals surface area (Å²) in [5.74, 6) is 0.286. The van der Waals surface area contributed by atoms with Crippen LogP contribution in [-0.2, 0) is 0 Å². The fourth-order valence-electron chi connectivity index (χ4n) is 1.13. The van der Waals surface area contributed by atoms with E-state index in [2.05, 4.69) is 26.5 Å². The number of hydrazone groups is 1. The van der Waals surface area contributed by atoms with Crippen LogP contribution in [0.2, 0.25) is 0 Å². The molecule has 96 valence electrons. The van der Waals surface area contributed by atoms with Gasteiger partial charge in [-0.25, -0.2) is 0 Å². The number of methoxy groups -OCH3 is 1. The largest absolute Gasteiger partial charge is 0.496 e. The lowest BCUT2D eigenvalue weighted by molar-refractivity contribution is -0.384. The number of hydrogen-bond acceptors (Lipinski definition) is 7. The maximum atomic E-state index is 10.9. The Morgan fingerprint density at radius 2 is 2.16 bits per heavy atom. The summed E-state index contributed by atoms with van der Waals surface area (Å²) in [6.45, 7) is 0. The van der Waals surface area contributed by atoms with Crippen LogP contribution >= 0.6 is 15.9 Å². The maximum Gasteiger partial charge on any atom is 0.299 e. The minimum Gasteiger partial charge on any atom is -0.496 e. The summed E-state index contributed by atoms with van der Waals surface area (Å²) >= 11 is 3.12. The molecule has 0 fully saturated rings. The van der Waals surface area contributed by atoms with E-state index < -0.39 is 10.6 Å². The lowest BCUT2D eigenvalue weighted by Gasteiger charge is -2.07. The lowest BCUT2D eigenvalue weighted by Crippen LogP contribution is -2.01. The van der Waals surface area contributed by atoms with Gasteiger partial charge < -0.3 is 4.74 Å². The minimum atomic E-state index is -0.635. The first-order valence-electron chi connectivity index (χ1n) is 4.69. The molecule has 0 aliphatic rings. The summed E-state index contributed by atoms with van der Waals surface area (Å²) in [5, 5.41) is 31.4. The van der Waals surface area contributed by atoms with Crippen LogP contribution in [0.25, 0.3) is 0 Å². The van der Waals surface area contributed by atoms with E-state index in [1.807, 2.05) is 0 Å². The molecular weight excluding hydrogens is 318 g/mol. The van der Waals surface area contributed by atoms with Crippen molar-refractivity contribution in [1.82, 2.24) is 0 Å². The number of nitrogens with zero attached hydrogens (tertiary/aromatic N) is 4. The van der Waals surface area contributed by atoms with Crippen molar-refractivity contribution in [1.29, 1.82) is 10.5 Å². The monoisotopic (exact) mass is 323 g/mol. The lowest BCUT2D eigenvalue weighted by atomic mass is 10.2. The molecule has 9 heteroatoms. The Bertz CT molecular complexity index is 613. The van der Waals surface area contributed by atoms with Gasteiger partial charge in [-0.05, 0) is 22.0 Å². The molecule has 0 aromatic heterocycles. The van der Waals surface area contributed by atoms with Gasteiger partial charge in [0.25, 0.3) is 5.69 Å². The Labute approximate surface area is 116 Å². The number of nitriles is 2. The average molecular weight is 324 g/mol. The number of ether oxygens (including phenoxy) is 1. The van der Waals surface area contributed by atoms with Crippen molar-refractivity contribution in [3.05, 3.63) is 26.7 Å². The summed E-state index contributed by atoms with van der Waals surface area (Å²) in [4.78, 5) is 10.3. The highest BCUT2D eigenvalue weighted by Gasteiger charge is 2.19. The number of halogens is 1. The molecule has 0 bridgehead atoms. The van der Waals surface area contributed by atoms with E-state index in [-0.39, 0.29) is 17.1 Å². The second-order valence-electron chi connectivity index (χ2n) is 3.06. The van der Waals surface area contributed by atoms with E-state index in [0.29, 0.717) is 4.47 Å². The van der Waals surface area contributed by atoms with E-state index in [4.69, 9.17) is 15.3 Å². The van der Waals surface area contributed by atoms with Crippen molar-refractivity contribution in [3.8, 4) is 17.9 Å². The molecule has 0 saturated carbocycles. The smallest absolute Gasteiger partial charge is 0.299 e. The van der Waals surface area contributed by atoms with Gasteiger partial charge >= 0.3 is 0 Å². The highest BCUT2D eigenvalue weighted by molar-refractivity contribution is 9.10. The van der Waals surface area contributed by atoms with E-state index in [0.717, 1.165) is 0 Å². The molecule has 0 unspecified atom stereocenters. The predicted molar refractivity (Wildman–Crippen MR) is 69.6 cm³/mol. The first-order chi connectivity index (χ1) is 9.03. The third kappa shape index (κ3) is 3.40. The van der Waals surface area contributed by atoms with Crippen LogP contribution in [0.3, 0.4) is 0 Å². The van der Waals surface area contributed by atoms with Crippen molar-refractivity contribution in [3.63, 3.8) is 0 Å². The fraction of sp³-hybridized carbons (Fsp3) is 0.100. The molecule has 1 aromatic rings. The van der Waals surface area contributed by atoms with Crippen molar-refractivity contribution in [2.75, 3.05) is 12.5 Å². The molecule has 1 aromatic carbocycles. The van der Waals surface area contributed by atoms with Crippen LogP contribution < -0.4 is 10.2 Å². The second kappa shape index (κ2) is 6.33. The zero-order valence-corrected chi connectivity index (χ0v) is 11.1. The fourth-order valence-corrected chi connectivity index (χ4v) is 1.64. The van der Waals surface area contributed by atoms with E-state index in [1.165, 1.54) is 31.4 Å². The quantitative estimate of drug-likeness (QED) is 0.514. The number of nitro groups is 1. The summed E-state index contributed by atoms with van der Waals surface area (Å²) in [7, 11) is 1.38. The molecule has 0 atom stereocenters. The third-order valence-electron chi connectivity index (χ3n) is 1.97. The topological polar surface area (TPSA) is 124 Å². The molecule has 19 heavy (non-hydrogen) atoms. The van der Waals surface area contributed by atoms with Crippen LogP contribution in [0.1, 0.15) is 0 Å². The van der Waals surface area contributed by atoms with Gasteiger partial charge in [0.05, 0.1) is 22.6 Å². The highest BCUT2D eigenvalue weighted by Crippen LogP contribution is 2.36. The molecule has 0 saturated heterocycles. The number of hydrogen-bond donors (Lipinski definition) is 1. The first-order valence-corrected chi connectivity index (χ1v) is 5.48. The maximum absolute atomic E-state index is 10.9. The van der Waals surface area contributed by atoms with Gasteiger partial charge in [-0.1, -0.05) is 0 Å². The van der Waals surface area contributed by atoms with Gasteiger partial charge in [0, 0.05) is 0 Å². The van der Waals surface area contributed by atoms with Crippen LogP contribution in [0.5, 0.6) is 5.75 Å². The van der Waals surface area contributed by atoms with Gasteiger partial charge in [-0.3, -0.25) is 15.5 Å². The van der Waals surface area contributed by atoms with Crippen molar-refractivity contribution in [2.45, 2.75) is 0 Å². The Hall–Kier alpha value is -2.65. The molecule has 0 radical (unpaired) electrons. The van der Waals surface area contributed by atoms with Crippen LogP contribution in [-0.4, -0.2) is 17.7 Å². The Morgan fingerprint density at radius 1 is 1.53 bits per heavy atom. The molecule has 0 amide bonds. The van der Waals surface area contributed by atoms with E-state index in [1.54, 1.807) is 0 Å². The predicted octanol–water partition coefficient (Wildman–Crippen LogP) is 2.18. The molecule has 8 nitrogen and oxygen atoms in total. The molecule has 0 heterocycles. The number of benzene rings is 1. The minimum absolute atomic E-state index is 0.0220. The first kappa shape index (κ1) is 14.4. The number of anilines is 1. The van der Waals surface area contributed by atoms with Crippen LogP contribution in [0, 0.1) is 32.8 Å². The van der Waals surface area contributed by atoms with Crippen molar-refractivity contribution < 1.29 is 9.66 Å². The summed E-state index contributed by atoms with van der Waals surface area (Å²) in [6.07, 6.45) is 0. The van der Waals surface area contributed by atoms with Gasteiger partial charge in [0.2, 0.25) is 5.71 Å². The summed E-state index contributed by atoms with van der Waals surface area (Å²) in [6, 6.07) is 5.74. The molecule has 1 N–H and O–H groups in total. The van der Waals surface area contributed by atoms with E-state index in [9.17, 15) is 10.1 Å². The van der Waals surface area contributed by atoms with E-state index >= 15 is 0 Å². The van der Waals surface area contributed by atoms with Gasteiger partial charge in [0.1, 0.15) is 23.6 Å². The molecule has 0 aliphatic heterocycles. The van der Waals surface area contributed by atoms with Gasteiger partial charge in [-0.2, -0.15) is 15.6 Å². The van der Waals surface area contributed by atoms with Gasteiger partial charge in [-0.15, -0.1) is 0 Å². The second-order valence-corrected chi connectivity index (χ2v) is 3.91. The molecule has 0 aliphatic carbocycles. The highest BCUT2D eigenvalue weighted by atomic mass is 79.9. The SMILES string of the molecule is COc1cc(Br)c(NN=C(C#N)C#N)c([N+](=O)[O-])c1. The zero-order valence-electron chi connectivity index (χ0n) is 9.55. The molecule has 0 spiro atoms. The molecular formula is C10H6BrN5O3. The number of nitro benzene ring substituents is 1. The average Bonchev–Trinajstić information content (AvgIpc) is 2.40.